The number of nitrogens with one attached hydrogen (secondary N) is 1. The molecule has 1 aliphatic rings. The van der Waals surface area contributed by atoms with Gasteiger partial charge in [0.15, 0.2) is 0 Å². The second-order valence-corrected chi connectivity index (χ2v) is 7.27. The van der Waals surface area contributed by atoms with Crippen LogP contribution < -0.4 is 5.32 Å². The fraction of sp³-hybridized carbons (Fsp3) is 0.882. The molecule has 1 N–H and O–H groups in total. The third kappa shape index (κ3) is 5.33. The van der Waals surface area contributed by atoms with E-state index in [0.717, 1.165) is 38.9 Å². The molecule has 0 spiro atoms. The summed E-state index contributed by atoms with van der Waals surface area (Å²) in [7, 11) is 0. The Morgan fingerprint density at radius 2 is 1.86 bits per heavy atom. The summed E-state index contributed by atoms with van der Waals surface area (Å²) in [5, 5.41) is 2.96. The van der Waals surface area contributed by atoms with E-state index >= 15 is 0 Å². The van der Waals surface area contributed by atoms with Gasteiger partial charge in [0.2, 0.25) is 11.8 Å². The SMILES string of the molecule is CCCNC(=O)C[C@@H]1CCN(C(=O)C(C)(C)C)C[C@@H]1CC. The largest absolute Gasteiger partial charge is 0.356 e. The summed E-state index contributed by atoms with van der Waals surface area (Å²) >= 11 is 0. The third-order valence-electron chi connectivity index (χ3n) is 4.36. The summed E-state index contributed by atoms with van der Waals surface area (Å²) in [4.78, 5) is 26.3. The molecule has 0 aromatic carbocycles. The van der Waals surface area contributed by atoms with Crippen molar-refractivity contribution < 1.29 is 9.59 Å². The molecule has 2 amide bonds. The van der Waals surface area contributed by atoms with Crippen LogP contribution >= 0.6 is 0 Å². The van der Waals surface area contributed by atoms with E-state index in [1.165, 1.54) is 0 Å². The van der Waals surface area contributed by atoms with Crippen molar-refractivity contribution >= 4 is 11.8 Å². The van der Waals surface area contributed by atoms with Crippen LogP contribution in [0, 0.1) is 17.3 Å². The van der Waals surface area contributed by atoms with Gasteiger partial charge in [0.05, 0.1) is 0 Å². The second kappa shape index (κ2) is 7.81. The summed E-state index contributed by atoms with van der Waals surface area (Å²) in [6.07, 6.45) is 3.55. The second-order valence-electron chi connectivity index (χ2n) is 7.27. The van der Waals surface area contributed by atoms with Crippen LogP contribution in [0.5, 0.6) is 0 Å². The average molecular weight is 296 g/mol. The molecular weight excluding hydrogens is 264 g/mol. The molecule has 1 fully saturated rings. The van der Waals surface area contributed by atoms with Crippen LogP contribution in [0.1, 0.15) is 60.3 Å². The maximum atomic E-state index is 12.4. The van der Waals surface area contributed by atoms with Gasteiger partial charge in [0.1, 0.15) is 0 Å². The molecule has 0 aromatic heterocycles. The Labute approximate surface area is 129 Å². The zero-order valence-corrected chi connectivity index (χ0v) is 14.4. The van der Waals surface area contributed by atoms with Crippen LogP contribution in [-0.4, -0.2) is 36.3 Å². The van der Waals surface area contributed by atoms with Crippen LogP contribution in [0.2, 0.25) is 0 Å². The fourth-order valence-electron chi connectivity index (χ4n) is 3.05. The summed E-state index contributed by atoms with van der Waals surface area (Å²) in [5.74, 6) is 1.25. The Kier molecular flexibility index (Phi) is 6.69. The Balaban J connectivity index is 2.57. The number of nitrogens with zero attached hydrogens (tertiary/aromatic N) is 1. The Hall–Kier alpha value is -1.06. The third-order valence-corrected chi connectivity index (χ3v) is 4.36. The molecule has 0 aliphatic carbocycles. The number of piperidine rings is 1. The first kappa shape index (κ1) is 18.0. The predicted molar refractivity (Wildman–Crippen MR) is 85.8 cm³/mol. The molecule has 0 radical (unpaired) electrons. The molecule has 122 valence electrons. The van der Waals surface area contributed by atoms with Gasteiger partial charge in [-0.3, -0.25) is 9.59 Å². The highest BCUT2D eigenvalue weighted by Crippen LogP contribution is 2.31. The van der Waals surface area contributed by atoms with Crippen molar-refractivity contribution in [1.29, 1.82) is 0 Å². The predicted octanol–water partition coefficient (Wildman–Crippen LogP) is 2.82. The minimum absolute atomic E-state index is 0.163. The topological polar surface area (TPSA) is 49.4 Å². The van der Waals surface area contributed by atoms with E-state index in [1.807, 2.05) is 25.7 Å². The molecule has 2 atom stereocenters. The van der Waals surface area contributed by atoms with E-state index in [4.69, 9.17) is 0 Å². The summed E-state index contributed by atoms with van der Waals surface area (Å²) in [6.45, 7) is 12.5. The van der Waals surface area contributed by atoms with E-state index < -0.39 is 0 Å². The van der Waals surface area contributed by atoms with E-state index in [1.54, 1.807) is 0 Å². The molecule has 21 heavy (non-hydrogen) atoms. The van der Waals surface area contributed by atoms with Crippen LogP contribution in [0.3, 0.4) is 0 Å². The molecule has 1 heterocycles. The van der Waals surface area contributed by atoms with Crippen LogP contribution in [0.25, 0.3) is 0 Å². The number of rotatable bonds is 5. The van der Waals surface area contributed by atoms with Gasteiger partial charge in [0.25, 0.3) is 0 Å². The van der Waals surface area contributed by atoms with Gasteiger partial charge in [0, 0.05) is 31.5 Å². The highest BCUT2D eigenvalue weighted by atomic mass is 16.2. The first-order chi connectivity index (χ1) is 9.79. The van der Waals surface area contributed by atoms with Crippen molar-refractivity contribution in [2.75, 3.05) is 19.6 Å². The Bertz CT molecular complexity index is 360. The molecule has 4 nitrogen and oxygen atoms in total. The van der Waals surface area contributed by atoms with Crippen molar-refractivity contribution in [3.63, 3.8) is 0 Å². The summed E-state index contributed by atoms with van der Waals surface area (Å²) in [5.41, 5.74) is -0.316. The molecule has 0 saturated carbocycles. The molecule has 0 unspecified atom stereocenters. The van der Waals surface area contributed by atoms with E-state index in [0.29, 0.717) is 18.3 Å². The molecule has 1 saturated heterocycles. The molecule has 0 aromatic rings. The van der Waals surface area contributed by atoms with Gasteiger partial charge in [-0.2, -0.15) is 0 Å². The summed E-state index contributed by atoms with van der Waals surface area (Å²) < 4.78 is 0. The van der Waals surface area contributed by atoms with E-state index in [-0.39, 0.29) is 17.2 Å². The van der Waals surface area contributed by atoms with Crippen molar-refractivity contribution in [2.24, 2.45) is 17.3 Å². The van der Waals surface area contributed by atoms with Crippen LogP contribution in [0.15, 0.2) is 0 Å². The van der Waals surface area contributed by atoms with Gasteiger partial charge in [-0.05, 0) is 24.7 Å². The molecule has 1 aliphatic heterocycles. The van der Waals surface area contributed by atoms with E-state index in [9.17, 15) is 9.59 Å². The maximum Gasteiger partial charge on any atom is 0.227 e. The zero-order chi connectivity index (χ0) is 16.0. The number of hydrogen-bond donors (Lipinski definition) is 1. The lowest BCUT2D eigenvalue weighted by Gasteiger charge is -2.40. The maximum absolute atomic E-state index is 12.4. The number of likely N-dealkylation sites (tertiary alicyclic amines) is 1. The van der Waals surface area contributed by atoms with Gasteiger partial charge in [-0.15, -0.1) is 0 Å². The summed E-state index contributed by atoms with van der Waals surface area (Å²) in [6, 6.07) is 0. The number of hydrogen-bond acceptors (Lipinski definition) is 2. The number of carbonyl (C=O) groups is 2. The lowest BCUT2D eigenvalue weighted by atomic mass is 9.80. The first-order valence-corrected chi connectivity index (χ1v) is 8.35. The van der Waals surface area contributed by atoms with Gasteiger partial charge in [-0.1, -0.05) is 41.0 Å². The number of amides is 2. The monoisotopic (exact) mass is 296 g/mol. The van der Waals surface area contributed by atoms with Crippen molar-refractivity contribution in [3.8, 4) is 0 Å². The minimum atomic E-state index is -0.316. The van der Waals surface area contributed by atoms with Crippen LogP contribution in [0.4, 0.5) is 0 Å². The molecule has 1 rings (SSSR count). The zero-order valence-electron chi connectivity index (χ0n) is 14.4. The quantitative estimate of drug-likeness (QED) is 0.848. The standard InChI is InChI=1S/C17H32N2O2/c1-6-9-18-15(20)11-14-8-10-19(12-13(14)7-2)16(21)17(3,4)5/h13-14H,6-12H2,1-5H3,(H,18,20)/t13-,14-/m0/s1. The lowest BCUT2D eigenvalue weighted by molar-refractivity contribution is -0.142. The number of carbonyl (C=O) groups excluding carboxylic acids is 2. The Morgan fingerprint density at radius 3 is 2.38 bits per heavy atom. The Morgan fingerprint density at radius 1 is 1.19 bits per heavy atom. The fourth-order valence-corrected chi connectivity index (χ4v) is 3.05. The lowest BCUT2D eigenvalue weighted by Crippen LogP contribution is -2.48. The highest BCUT2D eigenvalue weighted by molar-refractivity contribution is 5.81. The smallest absolute Gasteiger partial charge is 0.227 e. The average Bonchev–Trinajstić information content (AvgIpc) is 2.43. The van der Waals surface area contributed by atoms with Crippen molar-refractivity contribution in [2.45, 2.75) is 60.3 Å². The van der Waals surface area contributed by atoms with Gasteiger partial charge >= 0.3 is 0 Å². The van der Waals surface area contributed by atoms with E-state index in [2.05, 4.69) is 19.2 Å². The molecular formula is C17H32N2O2. The molecule has 0 bridgehead atoms. The first-order valence-electron chi connectivity index (χ1n) is 8.35. The van der Waals surface area contributed by atoms with Gasteiger partial charge in [-0.25, -0.2) is 0 Å². The normalized spacial score (nSPS) is 23.0. The van der Waals surface area contributed by atoms with Gasteiger partial charge < -0.3 is 10.2 Å². The van der Waals surface area contributed by atoms with Crippen molar-refractivity contribution in [3.05, 3.63) is 0 Å². The minimum Gasteiger partial charge on any atom is -0.356 e. The van der Waals surface area contributed by atoms with Crippen LogP contribution in [-0.2, 0) is 9.59 Å². The van der Waals surface area contributed by atoms with Crippen molar-refractivity contribution in [1.82, 2.24) is 10.2 Å². The highest BCUT2D eigenvalue weighted by Gasteiger charge is 2.35. The molecule has 4 heteroatoms.